The number of nitrogens with two attached hydrogens (primary N) is 1. The molecule has 11 nitrogen and oxygen atoms in total. The van der Waals surface area contributed by atoms with Crippen molar-refractivity contribution in [2.45, 2.75) is 65.0 Å². The lowest BCUT2D eigenvalue weighted by Crippen LogP contribution is -2.37. The van der Waals surface area contributed by atoms with Crippen molar-refractivity contribution in [3.05, 3.63) is 59.7 Å². The number of aliphatic hydroxyl groups excluding tert-OH is 1. The molecule has 2 amide bonds. The number of carbonyl (C=O) groups excluding carboxylic acids is 2. The molecular formula is C31H45N3O8. The molecule has 2 unspecified atom stereocenters. The fraction of sp³-hybridized carbons (Fsp3) is 0.484. The lowest BCUT2D eigenvalue weighted by Gasteiger charge is -2.29. The highest BCUT2D eigenvalue weighted by Crippen LogP contribution is 2.42. The number of nitrogens with one attached hydrogen (secondary N) is 2. The third kappa shape index (κ3) is 9.10. The molecule has 11 heteroatoms. The number of anilines is 2. The maximum atomic E-state index is 13.0. The molecule has 1 aliphatic heterocycles. The fourth-order valence-corrected chi connectivity index (χ4v) is 4.98. The highest BCUT2D eigenvalue weighted by Gasteiger charge is 2.30. The Morgan fingerprint density at radius 2 is 1.93 bits per heavy atom. The minimum atomic E-state index is -0.990. The number of primary amides is 1. The van der Waals surface area contributed by atoms with E-state index in [4.69, 9.17) is 19.9 Å². The zero-order valence-corrected chi connectivity index (χ0v) is 25.2. The zero-order chi connectivity index (χ0) is 31.6. The number of fused-ring (bicyclic) bond motifs is 2. The summed E-state index contributed by atoms with van der Waals surface area (Å²) in [4.78, 5) is 24.7. The Labute approximate surface area is 247 Å². The van der Waals surface area contributed by atoms with Crippen LogP contribution < -0.4 is 16.4 Å². The molecule has 2 rings (SSSR count). The van der Waals surface area contributed by atoms with Gasteiger partial charge in [0.25, 0.3) is 5.91 Å². The van der Waals surface area contributed by atoms with Gasteiger partial charge in [-0.3, -0.25) is 4.79 Å². The molecule has 0 fully saturated rings. The predicted molar refractivity (Wildman–Crippen MR) is 162 cm³/mol. The first-order valence-corrected chi connectivity index (χ1v) is 13.8. The highest BCUT2D eigenvalue weighted by molar-refractivity contribution is 6.04. The van der Waals surface area contributed by atoms with Crippen molar-refractivity contribution >= 4 is 23.4 Å². The van der Waals surface area contributed by atoms with Crippen LogP contribution in [-0.4, -0.2) is 72.5 Å². The molecule has 7 N–H and O–H groups in total. The maximum Gasteiger partial charge on any atom is 0.405 e. The summed E-state index contributed by atoms with van der Waals surface area (Å²) in [5.74, 6) is -1.41. The zero-order valence-electron chi connectivity index (χ0n) is 25.2. The Kier molecular flexibility index (Phi) is 13.1. The third-order valence-corrected chi connectivity index (χ3v) is 7.25. The van der Waals surface area contributed by atoms with Crippen LogP contribution in [0.2, 0.25) is 0 Å². The standard InChI is InChI=1S/C31H45N3O8/c1-8-12-33-26-21-13-17(2)14-25(41-7)27(36)19(4)15-20(5)29(42-31(32)39)24(40-6)11-9-10-18(3)30(38)34-22(28(21)37)16-23(26)35/h8-11,15-17,19,24-25,27,29,33,35-37H,1,12-14H2,2-7H3,(H2,32,39)(H,34,38)/b11-9+,18-10-,20-15+/t17-,19+,24?,25?,27-,29+/m1/s1. The summed E-state index contributed by atoms with van der Waals surface area (Å²) in [6.07, 6.45) is 4.64. The number of aromatic hydroxyl groups is 2. The summed E-state index contributed by atoms with van der Waals surface area (Å²) in [5, 5.41) is 39.1. The number of ether oxygens (including phenoxy) is 3. The number of phenolic OH excluding ortho intramolecular Hbond substituents is 2. The fourth-order valence-electron chi connectivity index (χ4n) is 4.98. The van der Waals surface area contributed by atoms with Gasteiger partial charge in [0.15, 0.2) is 6.10 Å². The molecule has 0 spiro atoms. The van der Waals surface area contributed by atoms with E-state index in [1.807, 2.05) is 13.8 Å². The Balaban J connectivity index is 2.67. The number of methoxy groups -OCH3 is 2. The molecule has 42 heavy (non-hydrogen) atoms. The second-order valence-corrected chi connectivity index (χ2v) is 10.6. The second-order valence-electron chi connectivity index (χ2n) is 10.6. The maximum absolute atomic E-state index is 13.0. The molecule has 0 aromatic heterocycles. The van der Waals surface area contributed by atoms with Crippen molar-refractivity contribution in [2.75, 3.05) is 31.4 Å². The quantitative estimate of drug-likeness (QED) is 0.162. The molecule has 232 valence electrons. The average Bonchev–Trinajstić information content (AvgIpc) is 2.94. The number of aliphatic hydroxyl groups is 1. The van der Waals surface area contributed by atoms with Crippen LogP contribution in [-0.2, 0) is 25.4 Å². The third-order valence-electron chi connectivity index (χ3n) is 7.25. The number of rotatable bonds is 6. The molecule has 0 saturated carbocycles. The second kappa shape index (κ2) is 16.0. The predicted octanol–water partition coefficient (Wildman–Crippen LogP) is 4.16. The Bertz CT molecular complexity index is 1210. The summed E-state index contributed by atoms with van der Waals surface area (Å²) in [6, 6.07) is 1.28. The van der Waals surface area contributed by atoms with E-state index < -0.39 is 42.3 Å². The average molecular weight is 588 g/mol. The van der Waals surface area contributed by atoms with Crippen molar-refractivity contribution in [2.24, 2.45) is 17.6 Å². The van der Waals surface area contributed by atoms with Gasteiger partial charge in [0.2, 0.25) is 0 Å². The molecule has 6 atom stereocenters. The van der Waals surface area contributed by atoms with E-state index in [2.05, 4.69) is 17.2 Å². The van der Waals surface area contributed by atoms with Crippen LogP contribution in [0.3, 0.4) is 0 Å². The van der Waals surface area contributed by atoms with E-state index in [1.165, 1.54) is 26.4 Å². The van der Waals surface area contributed by atoms with Gasteiger partial charge in [-0.2, -0.15) is 0 Å². The van der Waals surface area contributed by atoms with Crippen LogP contribution in [0.15, 0.2) is 54.2 Å². The number of benzene rings is 1. The van der Waals surface area contributed by atoms with Gasteiger partial charge in [0, 0.05) is 43.9 Å². The number of phenols is 2. The Hall–Kier alpha value is -3.80. The van der Waals surface area contributed by atoms with Crippen LogP contribution >= 0.6 is 0 Å². The molecular weight excluding hydrogens is 542 g/mol. The first-order chi connectivity index (χ1) is 19.8. The van der Waals surface area contributed by atoms with Crippen LogP contribution in [0.1, 0.15) is 39.7 Å². The number of hydrogen-bond donors (Lipinski definition) is 6. The van der Waals surface area contributed by atoms with Gasteiger partial charge < -0.3 is 45.9 Å². The van der Waals surface area contributed by atoms with Gasteiger partial charge in [-0.1, -0.05) is 44.2 Å². The summed E-state index contributed by atoms with van der Waals surface area (Å²) >= 11 is 0. The summed E-state index contributed by atoms with van der Waals surface area (Å²) in [7, 11) is 2.95. The van der Waals surface area contributed by atoms with Crippen LogP contribution in [0.25, 0.3) is 0 Å². The van der Waals surface area contributed by atoms with Gasteiger partial charge in [-0.15, -0.1) is 6.58 Å². The van der Waals surface area contributed by atoms with Crippen LogP contribution in [0.5, 0.6) is 11.5 Å². The van der Waals surface area contributed by atoms with Gasteiger partial charge in [-0.05, 0) is 38.2 Å². The molecule has 1 heterocycles. The Morgan fingerprint density at radius 1 is 1.24 bits per heavy atom. The number of carbonyl (C=O) groups is 2. The normalized spacial score (nSPS) is 29.3. The van der Waals surface area contributed by atoms with E-state index in [0.717, 1.165) is 0 Å². The molecule has 0 aliphatic carbocycles. The van der Waals surface area contributed by atoms with Gasteiger partial charge in [0.1, 0.15) is 17.6 Å². The van der Waals surface area contributed by atoms with Gasteiger partial charge in [-0.25, -0.2) is 4.79 Å². The van der Waals surface area contributed by atoms with Crippen molar-refractivity contribution in [1.29, 1.82) is 0 Å². The van der Waals surface area contributed by atoms with Gasteiger partial charge in [0.05, 0.1) is 23.6 Å². The molecule has 1 aliphatic rings. The summed E-state index contributed by atoms with van der Waals surface area (Å²) < 4.78 is 16.6. The smallest absolute Gasteiger partial charge is 0.405 e. The first kappa shape index (κ1) is 34.4. The molecule has 0 saturated heterocycles. The molecule has 2 bridgehead atoms. The van der Waals surface area contributed by atoms with E-state index in [0.29, 0.717) is 41.8 Å². The van der Waals surface area contributed by atoms with Crippen LogP contribution in [0.4, 0.5) is 16.2 Å². The topological polar surface area (TPSA) is 173 Å². The van der Waals surface area contributed by atoms with E-state index >= 15 is 0 Å². The summed E-state index contributed by atoms with van der Waals surface area (Å²) in [5.41, 5.74) is 7.01. The molecule has 0 radical (unpaired) electrons. The minimum Gasteiger partial charge on any atom is -0.506 e. The monoisotopic (exact) mass is 587 g/mol. The lowest BCUT2D eigenvalue weighted by molar-refractivity contribution is -0.112. The van der Waals surface area contributed by atoms with Crippen LogP contribution in [0, 0.1) is 11.8 Å². The van der Waals surface area contributed by atoms with Gasteiger partial charge >= 0.3 is 6.09 Å². The summed E-state index contributed by atoms with van der Waals surface area (Å²) in [6.45, 7) is 11.1. The highest BCUT2D eigenvalue weighted by atomic mass is 16.6. The lowest BCUT2D eigenvalue weighted by atomic mass is 9.87. The largest absolute Gasteiger partial charge is 0.506 e. The van der Waals surface area contributed by atoms with Crippen molar-refractivity contribution in [3.8, 4) is 11.5 Å². The van der Waals surface area contributed by atoms with E-state index in [-0.39, 0.29) is 23.1 Å². The number of hydrogen-bond acceptors (Lipinski definition) is 9. The van der Waals surface area contributed by atoms with Crippen molar-refractivity contribution in [1.82, 2.24) is 0 Å². The molecule has 1 aromatic rings. The van der Waals surface area contributed by atoms with Crippen molar-refractivity contribution < 1.29 is 39.1 Å². The SMILES string of the molecule is C=CCNc1c(O)cc2c(O)c1C[C@@H](C)CC(OC)[C@H](O)[C@@H](C)/C=C(\C)[C@H](OC(N)=O)C(OC)/C=C/C=C(/C)C(=O)N2. The minimum absolute atomic E-state index is 0.0416. The number of allylic oxidation sites excluding steroid dienone is 2. The number of amides is 2. The van der Waals surface area contributed by atoms with E-state index in [9.17, 15) is 24.9 Å². The Morgan fingerprint density at radius 3 is 2.52 bits per heavy atom. The first-order valence-electron chi connectivity index (χ1n) is 13.8. The van der Waals surface area contributed by atoms with Crippen molar-refractivity contribution in [3.63, 3.8) is 0 Å². The molecule has 1 aromatic carbocycles. The van der Waals surface area contributed by atoms with E-state index in [1.54, 1.807) is 38.2 Å².